The Morgan fingerprint density at radius 2 is 2.28 bits per heavy atom. The SMILES string of the molecule is CC1CCN(C(=O)CSc2ccncc2)CC1O. The molecule has 1 aliphatic heterocycles. The molecule has 1 fully saturated rings. The van der Waals surface area contributed by atoms with Crippen molar-refractivity contribution in [2.45, 2.75) is 24.3 Å². The van der Waals surface area contributed by atoms with Crippen molar-refractivity contribution in [3.8, 4) is 0 Å². The molecule has 0 bridgehead atoms. The number of amides is 1. The Hall–Kier alpha value is -1.07. The van der Waals surface area contributed by atoms with E-state index in [-0.39, 0.29) is 12.0 Å². The van der Waals surface area contributed by atoms with E-state index < -0.39 is 0 Å². The highest BCUT2D eigenvalue weighted by molar-refractivity contribution is 8.00. The summed E-state index contributed by atoms with van der Waals surface area (Å²) >= 11 is 1.51. The molecule has 2 unspecified atom stereocenters. The molecular weight excluding hydrogens is 248 g/mol. The summed E-state index contributed by atoms with van der Waals surface area (Å²) in [6.07, 6.45) is 3.94. The Morgan fingerprint density at radius 3 is 2.94 bits per heavy atom. The average molecular weight is 266 g/mol. The van der Waals surface area contributed by atoms with E-state index >= 15 is 0 Å². The van der Waals surface area contributed by atoms with E-state index in [9.17, 15) is 9.90 Å². The molecule has 98 valence electrons. The number of aromatic nitrogens is 1. The van der Waals surface area contributed by atoms with Gasteiger partial charge in [0, 0.05) is 30.4 Å². The maximum atomic E-state index is 12.0. The zero-order valence-corrected chi connectivity index (χ0v) is 11.3. The number of hydrogen-bond donors (Lipinski definition) is 1. The van der Waals surface area contributed by atoms with Gasteiger partial charge in [0.05, 0.1) is 11.9 Å². The van der Waals surface area contributed by atoms with Crippen molar-refractivity contribution in [1.82, 2.24) is 9.88 Å². The summed E-state index contributed by atoms with van der Waals surface area (Å²) in [6.45, 7) is 3.25. The highest BCUT2D eigenvalue weighted by Gasteiger charge is 2.26. The van der Waals surface area contributed by atoms with Crippen molar-refractivity contribution >= 4 is 17.7 Å². The first-order valence-corrected chi connectivity index (χ1v) is 7.14. The molecule has 0 spiro atoms. The molecule has 4 nitrogen and oxygen atoms in total. The molecule has 18 heavy (non-hydrogen) atoms. The molecule has 1 N–H and O–H groups in total. The molecule has 2 rings (SSSR count). The number of carbonyl (C=O) groups is 1. The molecule has 0 saturated carbocycles. The lowest BCUT2D eigenvalue weighted by molar-refractivity contribution is -0.132. The average Bonchev–Trinajstić information content (AvgIpc) is 2.40. The summed E-state index contributed by atoms with van der Waals surface area (Å²) < 4.78 is 0. The van der Waals surface area contributed by atoms with E-state index in [1.807, 2.05) is 19.1 Å². The third kappa shape index (κ3) is 3.46. The molecule has 1 aromatic heterocycles. The van der Waals surface area contributed by atoms with Gasteiger partial charge in [-0.15, -0.1) is 11.8 Å². The molecule has 1 amide bonds. The lowest BCUT2D eigenvalue weighted by atomic mass is 9.96. The Labute approximate surface area is 111 Å². The summed E-state index contributed by atoms with van der Waals surface area (Å²) in [5.74, 6) is 0.815. The van der Waals surface area contributed by atoms with Crippen LogP contribution in [0.3, 0.4) is 0 Å². The molecule has 0 aliphatic carbocycles. The number of nitrogens with zero attached hydrogens (tertiary/aromatic N) is 2. The summed E-state index contributed by atoms with van der Waals surface area (Å²) in [5, 5.41) is 9.77. The fraction of sp³-hybridized carbons (Fsp3) is 0.538. The monoisotopic (exact) mass is 266 g/mol. The number of rotatable bonds is 3. The van der Waals surface area contributed by atoms with Crippen molar-refractivity contribution < 1.29 is 9.90 Å². The molecule has 2 heterocycles. The number of piperidine rings is 1. The van der Waals surface area contributed by atoms with Crippen LogP contribution in [0.1, 0.15) is 13.3 Å². The highest BCUT2D eigenvalue weighted by Crippen LogP contribution is 2.20. The van der Waals surface area contributed by atoms with E-state index in [1.165, 1.54) is 11.8 Å². The van der Waals surface area contributed by atoms with Crippen LogP contribution >= 0.6 is 11.8 Å². The molecular formula is C13H18N2O2S. The number of thioether (sulfide) groups is 1. The Kier molecular flexibility index (Phi) is 4.60. The van der Waals surface area contributed by atoms with Gasteiger partial charge in [-0.25, -0.2) is 0 Å². The predicted molar refractivity (Wildman–Crippen MR) is 71.3 cm³/mol. The summed E-state index contributed by atoms with van der Waals surface area (Å²) in [7, 11) is 0. The number of aliphatic hydroxyl groups is 1. The number of carbonyl (C=O) groups excluding carboxylic acids is 1. The second-order valence-electron chi connectivity index (χ2n) is 4.64. The third-order valence-corrected chi connectivity index (χ3v) is 4.28. The standard InChI is InChI=1S/C13H18N2O2S/c1-10-4-7-15(8-12(10)16)13(17)9-18-11-2-5-14-6-3-11/h2-3,5-6,10,12,16H,4,7-9H2,1H3. The van der Waals surface area contributed by atoms with E-state index in [0.717, 1.165) is 17.9 Å². The molecule has 1 saturated heterocycles. The van der Waals surface area contributed by atoms with Crippen LogP contribution in [0.25, 0.3) is 0 Å². The topological polar surface area (TPSA) is 53.4 Å². The van der Waals surface area contributed by atoms with Gasteiger partial charge in [0.2, 0.25) is 5.91 Å². The second-order valence-corrected chi connectivity index (χ2v) is 5.69. The largest absolute Gasteiger partial charge is 0.391 e. The van der Waals surface area contributed by atoms with Gasteiger partial charge >= 0.3 is 0 Å². The minimum atomic E-state index is -0.381. The lowest BCUT2D eigenvalue weighted by Gasteiger charge is -2.34. The molecule has 5 heteroatoms. The minimum absolute atomic E-state index is 0.0998. The fourth-order valence-electron chi connectivity index (χ4n) is 1.95. The van der Waals surface area contributed by atoms with Crippen molar-refractivity contribution in [2.75, 3.05) is 18.8 Å². The van der Waals surface area contributed by atoms with Crippen LogP contribution in [0.4, 0.5) is 0 Å². The minimum Gasteiger partial charge on any atom is -0.391 e. The van der Waals surface area contributed by atoms with Gasteiger partial charge < -0.3 is 10.0 Å². The van der Waals surface area contributed by atoms with Crippen LogP contribution in [0, 0.1) is 5.92 Å². The number of hydrogen-bond acceptors (Lipinski definition) is 4. The van der Waals surface area contributed by atoms with Crippen molar-refractivity contribution in [3.05, 3.63) is 24.5 Å². The zero-order chi connectivity index (χ0) is 13.0. The molecule has 2 atom stereocenters. The van der Waals surface area contributed by atoms with Crippen LogP contribution in [-0.4, -0.2) is 45.8 Å². The van der Waals surface area contributed by atoms with Crippen LogP contribution in [0.5, 0.6) is 0 Å². The van der Waals surface area contributed by atoms with Crippen LogP contribution < -0.4 is 0 Å². The first kappa shape index (κ1) is 13.4. The molecule has 1 aliphatic rings. The highest BCUT2D eigenvalue weighted by atomic mass is 32.2. The summed E-state index contributed by atoms with van der Waals surface area (Å²) in [5.41, 5.74) is 0. The van der Waals surface area contributed by atoms with E-state index in [4.69, 9.17) is 0 Å². The van der Waals surface area contributed by atoms with Gasteiger partial charge in [-0.05, 0) is 24.5 Å². The van der Waals surface area contributed by atoms with E-state index in [0.29, 0.717) is 18.2 Å². The quantitative estimate of drug-likeness (QED) is 0.840. The molecule has 0 aromatic carbocycles. The normalized spacial score (nSPS) is 24.0. The maximum Gasteiger partial charge on any atom is 0.233 e. The van der Waals surface area contributed by atoms with Crippen molar-refractivity contribution in [3.63, 3.8) is 0 Å². The number of β-amino-alcohol motifs (C(OH)–C–C–N with tert-alkyl or cyclic N) is 1. The van der Waals surface area contributed by atoms with Crippen LogP contribution in [-0.2, 0) is 4.79 Å². The number of likely N-dealkylation sites (tertiary alicyclic amines) is 1. The van der Waals surface area contributed by atoms with E-state index in [1.54, 1.807) is 17.3 Å². The van der Waals surface area contributed by atoms with Gasteiger partial charge in [0.15, 0.2) is 0 Å². The zero-order valence-electron chi connectivity index (χ0n) is 10.5. The molecule has 1 aromatic rings. The van der Waals surface area contributed by atoms with Gasteiger partial charge in [-0.2, -0.15) is 0 Å². The van der Waals surface area contributed by atoms with Gasteiger partial charge in [-0.3, -0.25) is 9.78 Å². The van der Waals surface area contributed by atoms with Gasteiger partial charge in [0.1, 0.15) is 0 Å². The van der Waals surface area contributed by atoms with Gasteiger partial charge in [-0.1, -0.05) is 6.92 Å². The number of pyridine rings is 1. The van der Waals surface area contributed by atoms with Gasteiger partial charge in [0.25, 0.3) is 0 Å². The Balaban J connectivity index is 1.82. The first-order valence-electron chi connectivity index (χ1n) is 6.15. The Bertz CT molecular complexity index is 399. The molecule has 0 radical (unpaired) electrons. The van der Waals surface area contributed by atoms with Crippen LogP contribution in [0.15, 0.2) is 29.4 Å². The fourth-order valence-corrected chi connectivity index (χ4v) is 2.73. The second kappa shape index (κ2) is 6.20. The maximum absolute atomic E-state index is 12.0. The lowest BCUT2D eigenvalue weighted by Crippen LogP contribution is -2.46. The Morgan fingerprint density at radius 1 is 1.56 bits per heavy atom. The summed E-state index contributed by atoms with van der Waals surface area (Å²) in [6, 6.07) is 3.79. The third-order valence-electron chi connectivity index (χ3n) is 3.28. The van der Waals surface area contributed by atoms with Crippen molar-refractivity contribution in [2.24, 2.45) is 5.92 Å². The smallest absolute Gasteiger partial charge is 0.233 e. The van der Waals surface area contributed by atoms with Crippen molar-refractivity contribution in [1.29, 1.82) is 0 Å². The number of aliphatic hydroxyl groups excluding tert-OH is 1. The van der Waals surface area contributed by atoms with Crippen LogP contribution in [0.2, 0.25) is 0 Å². The summed E-state index contributed by atoms with van der Waals surface area (Å²) in [4.78, 5) is 18.7. The first-order chi connectivity index (χ1) is 8.66. The van der Waals surface area contributed by atoms with E-state index in [2.05, 4.69) is 4.98 Å². The predicted octanol–water partition coefficient (Wildman–Crippen LogP) is 1.40.